The average Bonchev–Trinajstić information content (AvgIpc) is 3.68. The van der Waals surface area contributed by atoms with Crippen LogP contribution in [0.4, 0.5) is 0 Å². The van der Waals surface area contributed by atoms with Crippen molar-refractivity contribution in [3.05, 3.63) is 154 Å². The maximum atomic E-state index is 13.9. The summed E-state index contributed by atoms with van der Waals surface area (Å²) in [5.41, 5.74) is 10.8. The van der Waals surface area contributed by atoms with Crippen molar-refractivity contribution in [2.45, 2.75) is 18.5 Å². The fraction of sp³-hybridized carbons (Fsp3) is 0.132. The van der Waals surface area contributed by atoms with Crippen molar-refractivity contribution in [3.8, 4) is 11.5 Å². The van der Waals surface area contributed by atoms with E-state index in [0.717, 1.165) is 44.4 Å². The van der Waals surface area contributed by atoms with E-state index in [2.05, 4.69) is 0 Å². The van der Waals surface area contributed by atoms with Crippen molar-refractivity contribution in [1.82, 2.24) is 19.6 Å². The van der Waals surface area contributed by atoms with E-state index >= 15 is 0 Å². The molecule has 0 atom stereocenters. The Hall–Kier alpha value is -5.60. The van der Waals surface area contributed by atoms with E-state index in [9.17, 15) is 4.79 Å². The summed E-state index contributed by atoms with van der Waals surface area (Å²) in [4.78, 5) is 13.9. The van der Waals surface area contributed by atoms with Crippen LogP contribution in [0.2, 0.25) is 5.02 Å². The first-order valence-electron chi connectivity index (χ1n) is 15.1. The van der Waals surface area contributed by atoms with Gasteiger partial charge in [-0.1, -0.05) is 66.2 Å². The Morgan fingerprint density at radius 3 is 1.60 bits per heavy atom. The van der Waals surface area contributed by atoms with Crippen LogP contribution >= 0.6 is 11.6 Å². The molecule has 2 aromatic heterocycles. The molecule has 0 bridgehead atoms. The number of ether oxygens (including phenoxy) is 2. The molecule has 7 aromatic rings. The lowest BCUT2D eigenvalue weighted by Gasteiger charge is -2.33. The highest BCUT2D eigenvalue weighted by Gasteiger charge is 2.44. The molecule has 0 aliphatic heterocycles. The summed E-state index contributed by atoms with van der Waals surface area (Å²) in [7, 11) is 3.30. The van der Waals surface area contributed by atoms with Crippen LogP contribution in [0, 0.1) is 0 Å². The number of hydrogen-bond donors (Lipinski definition) is 1. The van der Waals surface area contributed by atoms with Gasteiger partial charge in [0.1, 0.15) is 16.9 Å². The molecule has 0 unspecified atom stereocenters. The van der Waals surface area contributed by atoms with Gasteiger partial charge in [-0.3, -0.25) is 14.2 Å². The molecule has 1 amide bonds. The van der Waals surface area contributed by atoms with Crippen molar-refractivity contribution in [2.75, 3.05) is 14.2 Å². The molecule has 0 saturated heterocycles. The second-order valence-electron chi connectivity index (χ2n) is 11.5. The number of amides is 1. The number of benzene rings is 5. The predicted molar refractivity (Wildman–Crippen MR) is 184 cm³/mol. The van der Waals surface area contributed by atoms with Crippen LogP contribution in [0.15, 0.2) is 122 Å². The molecule has 2 heterocycles. The topological polar surface area (TPSA) is 97.2 Å². The third-order valence-corrected chi connectivity index (χ3v) is 8.95. The summed E-state index contributed by atoms with van der Waals surface area (Å²) < 4.78 is 14.4. The van der Waals surface area contributed by atoms with Gasteiger partial charge in [-0.25, -0.2) is 0 Å². The van der Waals surface area contributed by atoms with Gasteiger partial charge in [0.15, 0.2) is 0 Å². The predicted octanol–water partition coefficient (Wildman–Crippen LogP) is 6.97. The van der Waals surface area contributed by atoms with Crippen LogP contribution < -0.4 is 15.2 Å². The Labute approximate surface area is 276 Å². The lowest BCUT2D eigenvalue weighted by atomic mass is 9.68. The number of nitrogens with zero attached hydrogens (tertiary/aromatic N) is 4. The third-order valence-electron chi connectivity index (χ3n) is 8.62. The van der Waals surface area contributed by atoms with E-state index in [4.69, 9.17) is 37.0 Å². The highest BCUT2D eigenvalue weighted by molar-refractivity contribution is 6.32. The van der Waals surface area contributed by atoms with Crippen molar-refractivity contribution in [1.29, 1.82) is 0 Å². The summed E-state index contributed by atoms with van der Waals surface area (Å²) in [6, 6.07) is 34.8. The lowest BCUT2D eigenvalue weighted by molar-refractivity contribution is -0.120. The first-order valence-corrected chi connectivity index (χ1v) is 15.5. The number of nitrogens with two attached hydrogens (primary N) is 1. The summed E-state index contributed by atoms with van der Waals surface area (Å²) in [6.45, 7) is 1.16. The Morgan fingerprint density at radius 2 is 1.17 bits per heavy atom. The maximum Gasteiger partial charge on any atom is 0.237 e. The molecule has 47 heavy (non-hydrogen) atoms. The Morgan fingerprint density at radius 1 is 0.702 bits per heavy atom. The second kappa shape index (κ2) is 12.3. The van der Waals surface area contributed by atoms with Crippen LogP contribution in [0.5, 0.6) is 11.5 Å². The van der Waals surface area contributed by atoms with Gasteiger partial charge in [-0.05, 0) is 82.4 Å². The number of carbonyl (C=O) groups excluding carboxylic acids is 1. The fourth-order valence-corrected chi connectivity index (χ4v) is 6.56. The van der Waals surface area contributed by atoms with Crippen LogP contribution in [-0.2, 0) is 23.3 Å². The summed E-state index contributed by atoms with van der Waals surface area (Å²) in [5.74, 6) is 1.06. The summed E-state index contributed by atoms with van der Waals surface area (Å²) in [5, 5.41) is 11.8. The van der Waals surface area contributed by atoms with Crippen molar-refractivity contribution in [3.63, 3.8) is 0 Å². The zero-order valence-corrected chi connectivity index (χ0v) is 26.7. The van der Waals surface area contributed by atoms with E-state index in [1.54, 1.807) is 20.3 Å². The quantitative estimate of drug-likeness (QED) is 0.163. The van der Waals surface area contributed by atoms with Crippen LogP contribution in [0.1, 0.15) is 27.8 Å². The van der Waals surface area contributed by atoms with E-state index in [-0.39, 0.29) is 0 Å². The van der Waals surface area contributed by atoms with Gasteiger partial charge in [-0.15, -0.1) is 0 Å². The number of carbonyl (C=O) groups is 1. The SMILES string of the molecule is COc1ccc(Cn2cc3cc(C(C(N)=O)(c4ccc5nn(Cc6ccc(OC)cc6)cc5c4)c4ccccc4Cl)ccc3n2)cc1. The van der Waals surface area contributed by atoms with Crippen molar-refractivity contribution in [2.24, 2.45) is 5.73 Å². The monoisotopic (exact) mass is 641 g/mol. The van der Waals surface area contributed by atoms with E-state index < -0.39 is 11.3 Å². The van der Waals surface area contributed by atoms with Crippen LogP contribution in [-0.4, -0.2) is 39.7 Å². The molecular formula is C38H32ClN5O3. The number of fused-ring (bicyclic) bond motifs is 2. The first kappa shape index (κ1) is 30.1. The minimum atomic E-state index is -1.39. The number of methoxy groups -OCH3 is 2. The van der Waals surface area contributed by atoms with Crippen molar-refractivity contribution < 1.29 is 14.3 Å². The highest BCUT2D eigenvalue weighted by Crippen LogP contribution is 2.43. The standard InChI is InChI=1S/C38H32ClN5O3/c1-46-31-13-7-25(8-14-31)21-43-23-27-19-29(11-17-35(27)41-43)38(37(40)45,33-5-3-4-6-34(33)39)30-12-18-36-28(20-30)24-44(42-36)22-26-9-15-32(47-2)16-10-26/h3-20,23-24H,21-22H2,1-2H3,(H2,40,45). The van der Waals surface area contributed by atoms with E-state index in [1.807, 2.05) is 125 Å². The lowest BCUT2D eigenvalue weighted by Crippen LogP contribution is -2.43. The molecule has 9 heteroatoms. The number of aromatic nitrogens is 4. The zero-order chi connectivity index (χ0) is 32.5. The molecule has 0 aliphatic carbocycles. The van der Waals surface area contributed by atoms with Gasteiger partial charge in [0.05, 0.1) is 38.3 Å². The summed E-state index contributed by atoms with van der Waals surface area (Å²) in [6.07, 6.45) is 3.96. The molecule has 234 valence electrons. The molecule has 0 radical (unpaired) electrons. The molecule has 2 N–H and O–H groups in total. The highest BCUT2D eigenvalue weighted by atomic mass is 35.5. The Bertz CT molecular complexity index is 2090. The van der Waals surface area contributed by atoms with Gasteiger partial charge in [0, 0.05) is 28.2 Å². The third kappa shape index (κ3) is 5.57. The number of hydrogen-bond acceptors (Lipinski definition) is 5. The van der Waals surface area contributed by atoms with Gasteiger partial charge >= 0.3 is 0 Å². The number of primary amides is 1. The minimum Gasteiger partial charge on any atom is -0.497 e. The van der Waals surface area contributed by atoms with Gasteiger partial charge in [-0.2, -0.15) is 10.2 Å². The molecule has 0 aliphatic rings. The zero-order valence-electron chi connectivity index (χ0n) is 25.9. The van der Waals surface area contributed by atoms with Crippen LogP contribution in [0.25, 0.3) is 21.8 Å². The Kier molecular flexibility index (Phi) is 7.87. The minimum absolute atomic E-state index is 0.442. The number of rotatable bonds is 10. The summed E-state index contributed by atoms with van der Waals surface area (Å²) >= 11 is 6.86. The molecule has 0 saturated carbocycles. The fourth-order valence-electron chi connectivity index (χ4n) is 6.28. The second-order valence-corrected chi connectivity index (χ2v) is 11.9. The molecule has 8 nitrogen and oxygen atoms in total. The Balaban J connectivity index is 1.32. The smallest absolute Gasteiger partial charge is 0.237 e. The maximum absolute atomic E-state index is 13.9. The van der Waals surface area contributed by atoms with Gasteiger partial charge in [0.2, 0.25) is 5.91 Å². The largest absolute Gasteiger partial charge is 0.497 e. The molecular weight excluding hydrogens is 610 g/mol. The molecule has 5 aromatic carbocycles. The molecule has 0 fully saturated rings. The molecule has 7 rings (SSSR count). The molecule has 0 spiro atoms. The average molecular weight is 642 g/mol. The van der Waals surface area contributed by atoms with E-state index in [1.165, 1.54) is 0 Å². The van der Waals surface area contributed by atoms with E-state index in [0.29, 0.717) is 34.8 Å². The first-order chi connectivity index (χ1) is 22.9. The number of halogens is 1. The van der Waals surface area contributed by atoms with Gasteiger partial charge in [0.25, 0.3) is 0 Å². The van der Waals surface area contributed by atoms with Crippen LogP contribution in [0.3, 0.4) is 0 Å². The van der Waals surface area contributed by atoms with Gasteiger partial charge < -0.3 is 15.2 Å². The normalized spacial score (nSPS) is 11.6. The van der Waals surface area contributed by atoms with Crippen molar-refractivity contribution >= 4 is 39.3 Å².